The number of rotatable bonds is 7. The van der Waals surface area contributed by atoms with Crippen LogP contribution in [0.2, 0.25) is 0 Å². The van der Waals surface area contributed by atoms with Crippen molar-refractivity contribution in [3.05, 3.63) is 151 Å². The Morgan fingerprint density at radius 3 is 2.02 bits per heavy atom. The van der Waals surface area contributed by atoms with Gasteiger partial charge in [0, 0.05) is 49.1 Å². The number of aromatic nitrogens is 6. The first-order valence-electron chi connectivity index (χ1n) is 17.2. The van der Waals surface area contributed by atoms with Gasteiger partial charge in [0.25, 0.3) is 0 Å². The Balaban J connectivity index is 0.00000372. The van der Waals surface area contributed by atoms with Crippen molar-refractivity contribution in [2.24, 2.45) is 7.05 Å². The fraction of sp³-hybridized carbons (Fsp3) is 0.0714. The summed E-state index contributed by atoms with van der Waals surface area (Å²) in [6, 6.07) is 47.3. The van der Waals surface area contributed by atoms with E-state index in [1.165, 1.54) is 21.3 Å². The molecule has 0 atom stereocenters. The molecule has 260 valence electrons. The fourth-order valence-electron chi connectivity index (χ4n) is 7.45. The Kier molecular flexibility index (Phi) is 8.00. The van der Waals surface area contributed by atoms with Crippen LogP contribution in [0.4, 0.5) is 17.7 Å². The molecule has 0 unspecified atom stereocenters. The van der Waals surface area contributed by atoms with E-state index in [-0.39, 0.29) is 20.1 Å². The standard InChI is InChI=1S/C42H32N7O2Si.Ir/c1-27-25-28(2)48(45-27)36-26-50-40-38(36)44-42(51-40)47(29-15-7-4-8-16-29)41-43-37-35(46(41)3)24-23-33-32-21-13-14-22-34(32)49(39(33)37)52(30-17-9-5-10-18-30)31-19-11-6-12-20-31;/h4-26H,1-3H3;. The number of nitrogens with zero attached hydrogens (tertiary/aromatic N) is 7. The van der Waals surface area contributed by atoms with E-state index in [1.807, 2.05) is 66.9 Å². The zero-order valence-corrected chi connectivity index (χ0v) is 32.5. The van der Waals surface area contributed by atoms with Crippen LogP contribution in [-0.4, -0.2) is 37.5 Å². The fourth-order valence-corrected chi connectivity index (χ4v) is 10.2. The van der Waals surface area contributed by atoms with Crippen LogP contribution in [0.5, 0.6) is 0 Å². The quantitative estimate of drug-likeness (QED) is 0.150. The van der Waals surface area contributed by atoms with E-state index in [0.29, 0.717) is 23.3 Å². The molecule has 9 nitrogen and oxygen atoms in total. The molecule has 5 aromatic carbocycles. The van der Waals surface area contributed by atoms with Gasteiger partial charge in [-0.05, 0) is 60.6 Å². The first kappa shape index (κ1) is 32.9. The Morgan fingerprint density at radius 1 is 0.679 bits per heavy atom. The molecule has 0 bridgehead atoms. The summed E-state index contributed by atoms with van der Waals surface area (Å²) in [7, 11) is 0.508. The van der Waals surface area contributed by atoms with Crippen LogP contribution in [0, 0.1) is 13.8 Å². The van der Waals surface area contributed by atoms with Gasteiger partial charge in [0.1, 0.15) is 17.5 Å². The minimum atomic E-state index is -1.54. The molecule has 0 saturated carbocycles. The molecular formula is C42H32IrN7O2Si. The van der Waals surface area contributed by atoms with Gasteiger partial charge in [-0.3, -0.25) is 0 Å². The van der Waals surface area contributed by atoms with E-state index < -0.39 is 8.96 Å². The number of imidazole rings is 1. The number of furan rings is 1. The average Bonchev–Trinajstić information content (AvgIpc) is 3.99. The van der Waals surface area contributed by atoms with Gasteiger partial charge in [0.05, 0.1) is 22.4 Å². The summed E-state index contributed by atoms with van der Waals surface area (Å²) in [4.78, 5) is 12.5. The maximum Gasteiger partial charge on any atom is 0.321 e. The number of fused-ring (bicyclic) bond motifs is 6. The van der Waals surface area contributed by atoms with Gasteiger partial charge in [-0.15, -0.1) is 0 Å². The first-order chi connectivity index (χ1) is 25.5. The molecule has 2 radical (unpaired) electrons. The molecule has 5 aromatic heterocycles. The molecule has 10 rings (SSSR count). The Labute approximate surface area is 319 Å². The summed E-state index contributed by atoms with van der Waals surface area (Å²) in [5.74, 6) is 0.980. The van der Waals surface area contributed by atoms with E-state index in [1.54, 1.807) is 6.26 Å². The summed E-state index contributed by atoms with van der Waals surface area (Å²) in [5.41, 5.74) is 8.23. The van der Waals surface area contributed by atoms with E-state index in [9.17, 15) is 0 Å². The second kappa shape index (κ2) is 12.9. The second-order valence-electron chi connectivity index (χ2n) is 13.0. The van der Waals surface area contributed by atoms with Gasteiger partial charge in [-0.2, -0.15) is 10.1 Å². The van der Waals surface area contributed by atoms with Crippen LogP contribution in [0.25, 0.3) is 49.8 Å². The number of oxazole rings is 1. The van der Waals surface area contributed by atoms with Gasteiger partial charge in [0.2, 0.25) is 14.9 Å². The van der Waals surface area contributed by atoms with Crippen LogP contribution >= 0.6 is 0 Å². The molecule has 5 heterocycles. The molecule has 0 aliphatic rings. The topological polar surface area (TPSA) is 83.0 Å². The molecule has 10 aromatic rings. The molecular weight excluding hydrogens is 855 g/mol. The average molecular weight is 887 g/mol. The maximum atomic E-state index is 6.41. The van der Waals surface area contributed by atoms with Crippen molar-refractivity contribution in [2.75, 3.05) is 4.90 Å². The summed E-state index contributed by atoms with van der Waals surface area (Å²) >= 11 is 0. The van der Waals surface area contributed by atoms with E-state index in [2.05, 4.69) is 111 Å². The first-order valence-corrected chi connectivity index (χ1v) is 18.6. The normalized spacial score (nSPS) is 11.7. The number of aryl methyl sites for hydroxylation is 3. The van der Waals surface area contributed by atoms with E-state index >= 15 is 0 Å². The molecule has 0 aliphatic heterocycles. The van der Waals surface area contributed by atoms with Gasteiger partial charge in [-0.25, -0.2) is 14.6 Å². The third-order valence-corrected chi connectivity index (χ3v) is 12.4. The van der Waals surface area contributed by atoms with Crippen LogP contribution in [-0.2, 0) is 27.2 Å². The molecule has 0 saturated heterocycles. The van der Waals surface area contributed by atoms with Crippen molar-refractivity contribution >= 4 is 81.1 Å². The molecule has 0 fully saturated rings. The molecule has 0 aliphatic carbocycles. The monoisotopic (exact) mass is 887 g/mol. The Morgan fingerprint density at radius 2 is 1.34 bits per heavy atom. The van der Waals surface area contributed by atoms with Crippen molar-refractivity contribution in [3.8, 4) is 5.69 Å². The van der Waals surface area contributed by atoms with Crippen molar-refractivity contribution in [3.63, 3.8) is 0 Å². The molecule has 0 amide bonds. The number of para-hydroxylation sites is 2. The van der Waals surface area contributed by atoms with Crippen molar-refractivity contribution in [2.45, 2.75) is 13.8 Å². The van der Waals surface area contributed by atoms with Crippen LogP contribution < -0.4 is 15.3 Å². The SMILES string of the molecule is Cc1cc(C)n(-c2coc3oc(N(c4ccccc4)c4nc5c(ccc6c7ccccc7n([Si](c7ccccc7)c7ccccc7)c65)n4C)nc23)n1.[Ir]. The van der Waals surface area contributed by atoms with E-state index in [0.717, 1.165) is 44.7 Å². The number of hydrogen-bond donors (Lipinski definition) is 0. The smallest absolute Gasteiger partial charge is 0.321 e. The molecule has 53 heavy (non-hydrogen) atoms. The largest absolute Gasteiger partial charge is 0.430 e. The van der Waals surface area contributed by atoms with Crippen molar-refractivity contribution in [1.29, 1.82) is 0 Å². The Hall–Kier alpha value is -6.00. The minimum absolute atomic E-state index is 0. The molecule has 0 spiro atoms. The van der Waals surface area contributed by atoms with Gasteiger partial charge in [0.15, 0.2) is 5.52 Å². The number of benzene rings is 5. The van der Waals surface area contributed by atoms with Crippen molar-refractivity contribution in [1.82, 2.24) is 28.5 Å². The molecule has 0 N–H and O–H groups in total. The zero-order chi connectivity index (χ0) is 34.9. The number of anilines is 3. The summed E-state index contributed by atoms with van der Waals surface area (Å²) in [6.07, 6.45) is 1.64. The van der Waals surface area contributed by atoms with E-state index in [4.69, 9.17) is 18.8 Å². The second-order valence-corrected chi connectivity index (χ2v) is 15.3. The molecule has 11 heteroatoms. The number of hydrogen-bond acceptors (Lipinski definition) is 6. The van der Waals surface area contributed by atoms with Gasteiger partial charge >= 0.3 is 11.8 Å². The minimum Gasteiger partial charge on any atom is -0.430 e. The summed E-state index contributed by atoms with van der Waals surface area (Å²) in [5, 5.41) is 9.62. The van der Waals surface area contributed by atoms with Crippen LogP contribution in [0.3, 0.4) is 0 Å². The zero-order valence-electron chi connectivity index (χ0n) is 29.1. The Bertz CT molecular complexity index is 2870. The predicted molar refractivity (Wildman–Crippen MR) is 208 cm³/mol. The van der Waals surface area contributed by atoms with Crippen LogP contribution in [0.15, 0.2) is 149 Å². The predicted octanol–water partition coefficient (Wildman–Crippen LogP) is 8.34. The van der Waals surface area contributed by atoms with Crippen LogP contribution in [0.1, 0.15) is 11.4 Å². The summed E-state index contributed by atoms with van der Waals surface area (Å²) in [6.45, 7) is 3.98. The van der Waals surface area contributed by atoms with Gasteiger partial charge < -0.3 is 17.6 Å². The van der Waals surface area contributed by atoms with Gasteiger partial charge in [-0.1, -0.05) is 97.1 Å². The summed E-state index contributed by atoms with van der Waals surface area (Å²) < 4.78 is 18.9. The third-order valence-electron chi connectivity index (χ3n) is 9.73. The third kappa shape index (κ3) is 5.19. The van der Waals surface area contributed by atoms with Crippen molar-refractivity contribution < 1.29 is 28.9 Å². The maximum absolute atomic E-state index is 6.41.